The first-order valence-electron chi connectivity index (χ1n) is 11.7. The minimum atomic E-state index is 0.108. The van der Waals surface area contributed by atoms with E-state index in [1.165, 1.54) is 12.8 Å². The molecule has 1 aromatic rings. The molecule has 3 aliphatic rings. The van der Waals surface area contributed by atoms with E-state index in [0.717, 1.165) is 76.2 Å². The third-order valence-electron chi connectivity index (χ3n) is 7.37. The molecule has 0 N–H and O–H groups in total. The topological polar surface area (TPSA) is 58.4 Å². The predicted molar refractivity (Wildman–Crippen MR) is 114 cm³/mol. The molecule has 1 amide bonds. The smallest absolute Gasteiger partial charge is 0.253 e. The van der Waals surface area contributed by atoms with E-state index in [1.54, 1.807) is 6.07 Å². The Bertz CT molecular complexity index is 790. The first-order chi connectivity index (χ1) is 14.0. The molecule has 160 valence electrons. The number of aryl methyl sites for hydroxylation is 1. The summed E-state index contributed by atoms with van der Waals surface area (Å²) in [6.07, 6.45) is 8.71. The molecule has 4 rings (SSSR count). The summed E-state index contributed by atoms with van der Waals surface area (Å²) in [5, 5.41) is 0. The standard InChI is InChI=1S/C23H36N4O2/c1-17-8-6-13-26(18(17)2)23(29)16-25-11-7-9-19(15-25)20-14-22(28)27-12-5-3-4-10-21(27)24-20/h14,17-19H,3-13,15-16H2,1-2H3. The summed E-state index contributed by atoms with van der Waals surface area (Å²) in [6, 6.07) is 2.10. The van der Waals surface area contributed by atoms with Crippen molar-refractivity contribution in [2.24, 2.45) is 5.92 Å². The van der Waals surface area contributed by atoms with Gasteiger partial charge in [0.25, 0.3) is 5.56 Å². The van der Waals surface area contributed by atoms with Crippen molar-refractivity contribution in [3.63, 3.8) is 0 Å². The zero-order valence-electron chi connectivity index (χ0n) is 18.1. The van der Waals surface area contributed by atoms with Crippen molar-refractivity contribution in [3.05, 3.63) is 27.9 Å². The molecule has 2 saturated heterocycles. The summed E-state index contributed by atoms with van der Waals surface area (Å²) in [5.41, 5.74) is 1.05. The third-order valence-corrected chi connectivity index (χ3v) is 7.37. The van der Waals surface area contributed by atoms with E-state index in [2.05, 4.69) is 23.6 Å². The van der Waals surface area contributed by atoms with E-state index < -0.39 is 0 Å². The van der Waals surface area contributed by atoms with Crippen molar-refractivity contribution in [3.8, 4) is 0 Å². The molecule has 0 saturated carbocycles. The second-order valence-electron chi connectivity index (χ2n) is 9.42. The van der Waals surface area contributed by atoms with Gasteiger partial charge in [-0.25, -0.2) is 4.98 Å². The Kier molecular flexibility index (Phi) is 6.38. The fourth-order valence-corrected chi connectivity index (χ4v) is 5.35. The highest BCUT2D eigenvalue weighted by molar-refractivity contribution is 5.78. The van der Waals surface area contributed by atoms with Crippen molar-refractivity contribution in [1.29, 1.82) is 0 Å². The minimum absolute atomic E-state index is 0.108. The molecule has 1 aromatic heterocycles. The normalized spacial score (nSPS) is 28.6. The Morgan fingerprint density at radius 1 is 1.07 bits per heavy atom. The molecule has 0 aliphatic carbocycles. The largest absolute Gasteiger partial charge is 0.339 e. The molecule has 6 nitrogen and oxygen atoms in total. The molecule has 3 aliphatic heterocycles. The number of amides is 1. The number of carbonyl (C=O) groups is 1. The second kappa shape index (κ2) is 8.99. The van der Waals surface area contributed by atoms with Crippen LogP contribution in [0.25, 0.3) is 0 Å². The summed E-state index contributed by atoms with van der Waals surface area (Å²) in [4.78, 5) is 34.9. The van der Waals surface area contributed by atoms with Gasteiger partial charge < -0.3 is 4.90 Å². The number of hydrogen-bond acceptors (Lipinski definition) is 4. The Morgan fingerprint density at radius 2 is 1.90 bits per heavy atom. The average molecular weight is 401 g/mol. The van der Waals surface area contributed by atoms with E-state index in [4.69, 9.17) is 4.98 Å². The lowest BCUT2D eigenvalue weighted by Gasteiger charge is -2.40. The molecular formula is C23H36N4O2. The second-order valence-corrected chi connectivity index (χ2v) is 9.42. The number of rotatable bonds is 3. The van der Waals surface area contributed by atoms with Gasteiger partial charge in [0, 0.05) is 44.1 Å². The van der Waals surface area contributed by atoms with Gasteiger partial charge in [-0.15, -0.1) is 0 Å². The Labute approximate surface area is 174 Å². The number of aromatic nitrogens is 2. The number of nitrogens with zero attached hydrogens (tertiary/aromatic N) is 4. The highest BCUT2D eigenvalue weighted by atomic mass is 16.2. The maximum Gasteiger partial charge on any atom is 0.253 e. The first kappa shape index (κ1) is 20.6. The monoisotopic (exact) mass is 400 g/mol. The lowest BCUT2D eigenvalue weighted by atomic mass is 9.91. The molecule has 2 fully saturated rings. The van der Waals surface area contributed by atoms with E-state index >= 15 is 0 Å². The number of carbonyl (C=O) groups excluding carboxylic acids is 1. The van der Waals surface area contributed by atoms with Gasteiger partial charge in [0.05, 0.1) is 12.2 Å². The van der Waals surface area contributed by atoms with Crippen LogP contribution >= 0.6 is 0 Å². The van der Waals surface area contributed by atoms with Crippen LogP contribution in [-0.2, 0) is 17.8 Å². The number of fused-ring (bicyclic) bond motifs is 1. The summed E-state index contributed by atoms with van der Waals surface area (Å²) in [7, 11) is 0. The van der Waals surface area contributed by atoms with Gasteiger partial charge in [-0.1, -0.05) is 13.3 Å². The van der Waals surface area contributed by atoms with Crippen LogP contribution in [0.4, 0.5) is 0 Å². The fraction of sp³-hybridized carbons (Fsp3) is 0.783. The molecule has 0 bridgehead atoms. The van der Waals surface area contributed by atoms with Crippen LogP contribution in [0.5, 0.6) is 0 Å². The molecule has 0 radical (unpaired) electrons. The zero-order valence-corrected chi connectivity index (χ0v) is 18.1. The van der Waals surface area contributed by atoms with E-state index in [1.807, 2.05) is 4.57 Å². The predicted octanol–water partition coefficient (Wildman–Crippen LogP) is 2.80. The average Bonchev–Trinajstić information content (AvgIpc) is 2.96. The number of hydrogen-bond donors (Lipinski definition) is 0. The third kappa shape index (κ3) is 4.57. The maximum absolute atomic E-state index is 13.0. The molecular weight excluding hydrogens is 364 g/mol. The summed E-state index contributed by atoms with van der Waals surface area (Å²) in [6.45, 7) is 8.43. The van der Waals surface area contributed by atoms with Crippen LogP contribution in [0.3, 0.4) is 0 Å². The van der Waals surface area contributed by atoms with Crippen molar-refractivity contribution >= 4 is 5.91 Å². The van der Waals surface area contributed by atoms with Gasteiger partial charge in [0.15, 0.2) is 0 Å². The molecule has 0 aromatic carbocycles. The molecule has 3 atom stereocenters. The zero-order chi connectivity index (χ0) is 20.4. The van der Waals surface area contributed by atoms with Gasteiger partial charge in [-0.3, -0.25) is 19.1 Å². The van der Waals surface area contributed by atoms with Gasteiger partial charge in [0.1, 0.15) is 5.82 Å². The highest BCUT2D eigenvalue weighted by Crippen LogP contribution is 2.27. The molecule has 29 heavy (non-hydrogen) atoms. The van der Waals surface area contributed by atoms with E-state index in [9.17, 15) is 9.59 Å². The van der Waals surface area contributed by atoms with Crippen LogP contribution in [0.15, 0.2) is 10.9 Å². The molecule has 0 spiro atoms. The van der Waals surface area contributed by atoms with Gasteiger partial charge in [-0.05, 0) is 57.9 Å². The van der Waals surface area contributed by atoms with Crippen molar-refractivity contribution in [1.82, 2.24) is 19.4 Å². The van der Waals surface area contributed by atoms with E-state index in [0.29, 0.717) is 18.5 Å². The molecule has 6 heteroatoms. The van der Waals surface area contributed by atoms with Crippen LogP contribution in [-0.4, -0.2) is 57.5 Å². The number of likely N-dealkylation sites (tertiary alicyclic amines) is 2. The van der Waals surface area contributed by atoms with Gasteiger partial charge >= 0.3 is 0 Å². The molecule has 4 heterocycles. The van der Waals surface area contributed by atoms with Crippen LogP contribution in [0.2, 0.25) is 0 Å². The Morgan fingerprint density at radius 3 is 2.76 bits per heavy atom. The fourth-order valence-electron chi connectivity index (χ4n) is 5.35. The molecule has 3 unspecified atom stereocenters. The maximum atomic E-state index is 13.0. The van der Waals surface area contributed by atoms with Crippen LogP contribution < -0.4 is 5.56 Å². The first-order valence-corrected chi connectivity index (χ1v) is 11.7. The van der Waals surface area contributed by atoms with Crippen LogP contribution in [0.1, 0.15) is 76.2 Å². The van der Waals surface area contributed by atoms with Crippen molar-refractivity contribution < 1.29 is 4.79 Å². The lowest BCUT2D eigenvalue weighted by Crippen LogP contribution is -2.50. The van der Waals surface area contributed by atoms with Crippen LogP contribution in [0, 0.1) is 5.92 Å². The van der Waals surface area contributed by atoms with Crippen molar-refractivity contribution in [2.45, 2.75) is 83.7 Å². The highest BCUT2D eigenvalue weighted by Gasteiger charge is 2.31. The SMILES string of the molecule is CC1CCCN(C(=O)CN2CCCC(c3cc(=O)n4c(n3)CCCCC4)C2)C1C. The Hall–Kier alpha value is -1.69. The summed E-state index contributed by atoms with van der Waals surface area (Å²) in [5.74, 6) is 2.07. The quantitative estimate of drug-likeness (QED) is 0.783. The summed E-state index contributed by atoms with van der Waals surface area (Å²) >= 11 is 0. The Balaban J connectivity index is 1.43. The van der Waals surface area contributed by atoms with E-state index in [-0.39, 0.29) is 17.4 Å². The minimum Gasteiger partial charge on any atom is -0.339 e. The number of piperidine rings is 2. The summed E-state index contributed by atoms with van der Waals surface area (Å²) < 4.78 is 1.87. The van der Waals surface area contributed by atoms with Gasteiger partial charge in [0.2, 0.25) is 5.91 Å². The van der Waals surface area contributed by atoms with Crippen molar-refractivity contribution in [2.75, 3.05) is 26.2 Å². The van der Waals surface area contributed by atoms with Gasteiger partial charge in [-0.2, -0.15) is 0 Å². The lowest BCUT2D eigenvalue weighted by molar-refractivity contribution is -0.137.